The average molecular weight is 562 g/mol. The molecule has 1 amide bonds. The molecule has 3 aromatic rings. The van der Waals surface area contributed by atoms with Crippen molar-refractivity contribution in [1.29, 1.82) is 0 Å². The molecule has 0 atom stereocenters. The van der Waals surface area contributed by atoms with Crippen molar-refractivity contribution in [2.24, 2.45) is 4.99 Å². The van der Waals surface area contributed by atoms with Gasteiger partial charge < -0.3 is 19.5 Å². The highest BCUT2D eigenvalue weighted by atomic mass is 32.2. The quantitative estimate of drug-likeness (QED) is 0.325. The molecule has 0 bridgehead atoms. The number of ketones is 1. The fourth-order valence-electron chi connectivity index (χ4n) is 5.67. The van der Waals surface area contributed by atoms with Crippen LogP contribution in [0, 0.1) is 0 Å². The van der Waals surface area contributed by atoms with Crippen molar-refractivity contribution in [3.63, 3.8) is 0 Å². The first-order chi connectivity index (χ1) is 18.8. The maximum absolute atomic E-state index is 14.1. The van der Waals surface area contributed by atoms with Crippen molar-refractivity contribution in [2.45, 2.75) is 50.5 Å². The summed E-state index contributed by atoms with van der Waals surface area (Å²) in [5, 5.41) is 0.941. The summed E-state index contributed by atoms with van der Waals surface area (Å²) in [4.78, 5) is 39.6. The Hall–Kier alpha value is -3.30. The second kappa shape index (κ2) is 10.3. The summed E-state index contributed by atoms with van der Waals surface area (Å²) in [6.45, 7) is 12.6. The molecule has 1 saturated heterocycles. The Balaban J connectivity index is 1.54. The van der Waals surface area contributed by atoms with Crippen molar-refractivity contribution >= 4 is 46.6 Å². The maximum atomic E-state index is 14.1. The molecule has 9 heteroatoms. The number of aromatic nitrogens is 1. The lowest BCUT2D eigenvalue weighted by Gasteiger charge is -2.39. The minimum absolute atomic E-state index is 0.0504. The molecule has 0 spiro atoms. The number of benzene rings is 2. The predicted molar refractivity (Wildman–Crippen MR) is 163 cm³/mol. The number of nitrogens with one attached hydrogen (secondary N) is 1. The van der Waals surface area contributed by atoms with Crippen molar-refractivity contribution in [3.8, 4) is 0 Å². The van der Waals surface area contributed by atoms with Gasteiger partial charge in [-0.1, -0.05) is 26.0 Å². The largest absolute Gasteiger partial charge is 0.444 e. The fraction of sp³-hybridized carbons (Fsp3) is 0.452. The smallest absolute Gasteiger partial charge is 0.410 e. The lowest BCUT2D eigenvalue weighted by molar-refractivity contribution is 0.0240. The lowest BCUT2D eigenvalue weighted by atomic mass is 9.71. The third-order valence-electron chi connectivity index (χ3n) is 7.52. The number of nitrogens with zero attached hydrogens (tertiary/aromatic N) is 4. The van der Waals surface area contributed by atoms with Crippen LogP contribution in [0.5, 0.6) is 0 Å². The Labute approximate surface area is 240 Å². The Morgan fingerprint density at radius 3 is 2.45 bits per heavy atom. The summed E-state index contributed by atoms with van der Waals surface area (Å²) in [6.07, 6.45) is 1.55. The van der Waals surface area contributed by atoms with E-state index >= 15 is 0 Å². The Morgan fingerprint density at radius 1 is 1.12 bits per heavy atom. The van der Waals surface area contributed by atoms with E-state index in [1.54, 1.807) is 23.9 Å². The highest BCUT2D eigenvalue weighted by molar-refractivity contribution is 7.97. The Bertz CT molecular complexity index is 1510. The SMILES string of the molecule is CN=Cc1ccc2c3c([nH]c2c1)C(C)(C)c1cc(N2CCN(C(=O)OC(C)(C)C)CC2)c(SN(C)C)cc1C3=O. The molecule has 0 unspecified atom stereocenters. The van der Waals surface area contributed by atoms with Crippen molar-refractivity contribution in [1.82, 2.24) is 14.2 Å². The van der Waals surface area contributed by atoms with Gasteiger partial charge in [0.05, 0.1) is 11.3 Å². The van der Waals surface area contributed by atoms with Crippen molar-refractivity contribution in [3.05, 3.63) is 58.3 Å². The first kappa shape index (κ1) is 28.2. The van der Waals surface area contributed by atoms with Crippen molar-refractivity contribution in [2.75, 3.05) is 52.2 Å². The van der Waals surface area contributed by atoms with E-state index < -0.39 is 11.0 Å². The van der Waals surface area contributed by atoms with Crippen LogP contribution in [0.3, 0.4) is 0 Å². The summed E-state index contributed by atoms with van der Waals surface area (Å²) in [7, 11) is 5.77. The van der Waals surface area contributed by atoms with Crippen LogP contribution >= 0.6 is 11.9 Å². The van der Waals surface area contributed by atoms with Crippen LogP contribution in [-0.4, -0.2) is 85.2 Å². The fourth-order valence-corrected chi connectivity index (χ4v) is 6.51. The molecule has 2 aliphatic rings. The van der Waals surface area contributed by atoms with Crippen molar-refractivity contribution < 1.29 is 14.3 Å². The van der Waals surface area contributed by atoms with E-state index in [4.69, 9.17) is 4.74 Å². The number of ether oxygens (including phenoxy) is 1. The molecule has 212 valence electrons. The van der Waals surface area contributed by atoms with Crippen LogP contribution in [0.4, 0.5) is 10.5 Å². The van der Waals surface area contributed by atoms with Gasteiger partial charge in [0.15, 0.2) is 5.78 Å². The number of fused-ring (bicyclic) bond motifs is 4. The average Bonchev–Trinajstić information content (AvgIpc) is 3.26. The maximum Gasteiger partial charge on any atom is 0.410 e. The molecule has 0 radical (unpaired) electrons. The van der Waals surface area contributed by atoms with Crippen LogP contribution in [0.2, 0.25) is 0 Å². The van der Waals surface area contributed by atoms with Gasteiger partial charge in [-0.25, -0.2) is 4.79 Å². The highest BCUT2D eigenvalue weighted by Gasteiger charge is 2.41. The number of H-pyrrole nitrogens is 1. The molecule has 1 aromatic heterocycles. The number of carbonyl (C=O) groups excluding carboxylic acids is 2. The molecule has 2 heterocycles. The number of piperazine rings is 1. The van der Waals surface area contributed by atoms with E-state index in [0.717, 1.165) is 49.4 Å². The number of amides is 1. The van der Waals surface area contributed by atoms with E-state index in [0.29, 0.717) is 26.2 Å². The minimum atomic E-state index is -0.521. The first-order valence-corrected chi connectivity index (χ1v) is 14.5. The second-order valence-corrected chi connectivity index (χ2v) is 13.6. The lowest BCUT2D eigenvalue weighted by Crippen LogP contribution is -2.50. The summed E-state index contributed by atoms with van der Waals surface area (Å²) in [5.41, 5.74) is 5.55. The molecule has 2 aromatic carbocycles. The van der Waals surface area contributed by atoms with E-state index in [2.05, 4.69) is 51.2 Å². The molecule has 0 saturated carbocycles. The number of carbonyl (C=O) groups is 2. The van der Waals surface area contributed by atoms with E-state index in [1.807, 2.05) is 53.2 Å². The topological polar surface area (TPSA) is 81.2 Å². The predicted octanol–water partition coefficient (Wildman–Crippen LogP) is 5.71. The molecule has 40 heavy (non-hydrogen) atoms. The summed E-state index contributed by atoms with van der Waals surface area (Å²) < 4.78 is 7.65. The van der Waals surface area contributed by atoms with E-state index in [-0.39, 0.29) is 11.9 Å². The molecule has 8 nitrogen and oxygen atoms in total. The van der Waals surface area contributed by atoms with Gasteiger partial charge in [0.25, 0.3) is 0 Å². The molecule has 1 fully saturated rings. The Morgan fingerprint density at radius 2 is 1.82 bits per heavy atom. The summed E-state index contributed by atoms with van der Waals surface area (Å²) in [6, 6.07) is 10.4. The molecule has 5 rings (SSSR count). The number of rotatable bonds is 4. The molecule has 1 N–H and O–H groups in total. The van der Waals surface area contributed by atoms with Crippen LogP contribution in [0.1, 0.15) is 67.4 Å². The second-order valence-electron chi connectivity index (χ2n) is 12.2. The van der Waals surface area contributed by atoms with Gasteiger partial charge in [-0.15, -0.1) is 0 Å². The molecule has 1 aliphatic carbocycles. The summed E-state index contributed by atoms with van der Waals surface area (Å²) >= 11 is 1.61. The zero-order valence-corrected chi connectivity index (χ0v) is 25.5. The van der Waals surface area contributed by atoms with Gasteiger partial charge in [0.2, 0.25) is 0 Å². The molecular formula is C31H39N5O3S. The van der Waals surface area contributed by atoms with Crippen LogP contribution in [-0.2, 0) is 10.2 Å². The van der Waals surface area contributed by atoms with Gasteiger partial charge in [-0.3, -0.25) is 14.1 Å². The van der Waals surface area contributed by atoms with Gasteiger partial charge in [0.1, 0.15) is 5.60 Å². The number of hydrogen-bond donors (Lipinski definition) is 1. The first-order valence-electron chi connectivity index (χ1n) is 13.7. The molecule has 1 aliphatic heterocycles. The van der Waals surface area contributed by atoms with Gasteiger partial charge in [0, 0.05) is 71.9 Å². The van der Waals surface area contributed by atoms with Crippen LogP contribution < -0.4 is 4.90 Å². The standard InChI is InChI=1S/C31H39N5O3S/c1-30(2,3)39-29(38)36-13-11-35(12-14-36)24-17-22-21(16-25(24)40-34(7)8)27(37)26-20-10-9-19(18-32-6)15-23(20)33-28(26)31(22,4)5/h9-10,15-18,33H,11-14H2,1-8H3. The third-order valence-corrected chi connectivity index (χ3v) is 8.41. The zero-order chi connectivity index (χ0) is 29.0. The third kappa shape index (κ3) is 5.12. The number of hydrogen-bond acceptors (Lipinski definition) is 7. The Kier molecular flexibility index (Phi) is 7.25. The minimum Gasteiger partial charge on any atom is -0.444 e. The number of aromatic amines is 1. The number of anilines is 1. The van der Waals surface area contributed by atoms with Gasteiger partial charge in [-0.05, 0) is 76.1 Å². The van der Waals surface area contributed by atoms with E-state index in [9.17, 15) is 9.59 Å². The number of aliphatic imine (C=N–C) groups is 1. The monoisotopic (exact) mass is 561 g/mol. The van der Waals surface area contributed by atoms with Gasteiger partial charge >= 0.3 is 6.09 Å². The summed E-state index contributed by atoms with van der Waals surface area (Å²) in [5.74, 6) is 0.0504. The van der Waals surface area contributed by atoms with Gasteiger partial charge in [-0.2, -0.15) is 0 Å². The zero-order valence-electron chi connectivity index (χ0n) is 24.7. The normalized spacial score (nSPS) is 17.1. The van der Waals surface area contributed by atoms with Crippen LogP contribution in [0.25, 0.3) is 10.9 Å². The van der Waals surface area contributed by atoms with E-state index in [1.165, 1.54) is 0 Å². The van der Waals surface area contributed by atoms with Crippen LogP contribution in [0.15, 0.2) is 40.2 Å². The molecular weight excluding hydrogens is 522 g/mol. The highest BCUT2D eigenvalue weighted by Crippen LogP contribution is 2.47.